The second-order valence-corrected chi connectivity index (χ2v) is 7.00. The van der Waals surface area contributed by atoms with Crippen molar-refractivity contribution in [2.75, 3.05) is 0 Å². The maximum Gasteiger partial charge on any atom is 0.185 e. The third-order valence-electron chi connectivity index (χ3n) is 4.70. The molecule has 4 aromatic rings. The van der Waals surface area contributed by atoms with Gasteiger partial charge in [0.1, 0.15) is 23.0 Å². The van der Waals surface area contributed by atoms with E-state index in [0.717, 1.165) is 16.7 Å². The Morgan fingerprint density at radius 3 is 1.87 bits per heavy atom. The predicted octanol–water partition coefficient (Wildman–Crippen LogP) is 6.45. The summed E-state index contributed by atoms with van der Waals surface area (Å²) in [6.07, 6.45) is 3.39. The highest BCUT2D eigenvalue weighted by atomic mass is 16.5. The van der Waals surface area contributed by atoms with Crippen LogP contribution in [0.1, 0.15) is 15.9 Å². The molecule has 0 spiro atoms. The number of carbonyl (C=O) groups is 1. The highest BCUT2D eigenvalue weighted by Gasteiger charge is 2.04. The van der Waals surface area contributed by atoms with E-state index in [1.54, 1.807) is 24.3 Å². The number of phenols is 2. The Bertz CT molecular complexity index is 1190. The van der Waals surface area contributed by atoms with Gasteiger partial charge in [0, 0.05) is 23.8 Å². The second-order valence-electron chi connectivity index (χ2n) is 7.00. The summed E-state index contributed by atoms with van der Waals surface area (Å²) in [5.41, 5.74) is 3.66. The zero-order valence-corrected chi connectivity index (χ0v) is 16.6. The summed E-state index contributed by atoms with van der Waals surface area (Å²) in [4.78, 5) is 12.2. The number of rotatable bonds is 6. The van der Waals surface area contributed by atoms with Crippen molar-refractivity contribution in [3.8, 4) is 34.1 Å². The van der Waals surface area contributed by atoms with Gasteiger partial charge in [-0.3, -0.25) is 4.79 Å². The van der Waals surface area contributed by atoms with Crippen LogP contribution < -0.4 is 4.74 Å². The maximum atomic E-state index is 12.2. The van der Waals surface area contributed by atoms with Crippen LogP contribution in [0.4, 0.5) is 0 Å². The zero-order chi connectivity index (χ0) is 21.6. The SMILES string of the molecule is O=C(/C=C/c1ccc(-c2ccc(Oc3cc(O)cc(O)c3)cc2)cc1)c1ccccc1. The summed E-state index contributed by atoms with van der Waals surface area (Å²) >= 11 is 0. The predicted molar refractivity (Wildman–Crippen MR) is 122 cm³/mol. The van der Waals surface area contributed by atoms with Crippen molar-refractivity contribution in [2.45, 2.75) is 0 Å². The van der Waals surface area contributed by atoms with E-state index in [-0.39, 0.29) is 17.3 Å². The molecule has 0 saturated carbocycles. The number of phenolic OH excluding ortho intramolecular Hbond substituents is 2. The molecule has 152 valence electrons. The molecule has 0 fully saturated rings. The number of ketones is 1. The minimum atomic E-state index is -0.0637. The van der Waals surface area contributed by atoms with Crippen molar-refractivity contribution in [2.24, 2.45) is 0 Å². The minimum Gasteiger partial charge on any atom is -0.508 e. The van der Waals surface area contributed by atoms with Crippen molar-refractivity contribution < 1.29 is 19.7 Å². The van der Waals surface area contributed by atoms with Crippen LogP contribution in [-0.4, -0.2) is 16.0 Å². The number of hydrogen-bond donors (Lipinski definition) is 2. The van der Waals surface area contributed by atoms with E-state index in [2.05, 4.69) is 0 Å². The number of hydrogen-bond acceptors (Lipinski definition) is 4. The Labute approximate surface area is 180 Å². The third-order valence-corrected chi connectivity index (χ3v) is 4.70. The summed E-state index contributed by atoms with van der Waals surface area (Å²) in [6.45, 7) is 0. The number of aromatic hydroxyl groups is 2. The lowest BCUT2D eigenvalue weighted by atomic mass is 10.0. The van der Waals surface area contributed by atoms with Crippen molar-refractivity contribution in [1.82, 2.24) is 0 Å². The zero-order valence-electron chi connectivity index (χ0n) is 16.6. The van der Waals surface area contributed by atoms with Gasteiger partial charge < -0.3 is 14.9 Å². The van der Waals surface area contributed by atoms with Crippen molar-refractivity contribution in [3.05, 3.63) is 114 Å². The van der Waals surface area contributed by atoms with Crippen LogP contribution in [0, 0.1) is 0 Å². The normalized spacial score (nSPS) is 10.8. The van der Waals surface area contributed by atoms with E-state index in [9.17, 15) is 15.0 Å². The number of benzene rings is 4. The number of allylic oxidation sites excluding steroid dienone is 1. The Balaban J connectivity index is 1.43. The standard InChI is InChI=1S/C27H20O4/c28-23-16-24(29)18-26(17-23)31-25-13-11-21(12-14-25)20-9-6-19(7-10-20)8-15-27(30)22-4-2-1-3-5-22/h1-18,28-29H/b15-8+. The molecular weight excluding hydrogens is 388 g/mol. The van der Waals surface area contributed by atoms with Gasteiger partial charge in [-0.2, -0.15) is 0 Å². The number of ether oxygens (including phenoxy) is 1. The highest BCUT2D eigenvalue weighted by molar-refractivity contribution is 6.06. The van der Waals surface area contributed by atoms with Crippen LogP contribution in [0.15, 0.2) is 103 Å². The molecule has 0 amide bonds. The fourth-order valence-electron chi connectivity index (χ4n) is 3.14. The Hall–Kier alpha value is -4.31. The molecule has 0 aliphatic rings. The molecule has 0 radical (unpaired) electrons. The van der Waals surface area contributed by atoms with Gasteiger partial charge in [-0.25, -0.2) is 0 Å². The van der Waals surface area contributed by atoms with E-state index in [0.29, 0.717) is 17.1 Å². The Morgan fingerprint density at radius 1 is 0.677 bits per heavy atom. The lowest BCUT2D eigenvalue weighted by Crippen LogP contribution is -1.92. The van der Waals surface area contributed by atoms with Gasteiger partial charge in [0.2, 0.25) is 0 Å². The molecule has 0 heterocycles. The summed E-state index contributed by atoms with van der Waals surface area (Å²) in [6, 6.07) is 28.7. The Kier molecular flexibility index (Phi) is 5.81. The van der Waals surface area contributed by atoms with Crippen molar-refractivity contribution in [3.63, 3.8) is 0 Å². The molecule has 0 unspecified atom stereocenters. The monoisotopic (exact) mass is 408 g/mol. The second kappa shape index (κ2) is 9.01. The van der Waals surface area contributed by atoms with E-state index in [1.807, 2.05) is 66.7 Å². The van der Waals surface area contributed by atoms with Crippen LogP contribution >= 0.6 is 0 Å². The lowest BCUT2D eigenvalue weighted by molar-refractivity contribution is 0.104. The van der Waals surface area contributed by atoms with Crippen LogP contribution in [0.3, 0.4) is 0 Å². The van der Waals surface area contributed by atoms with Crippen molar-refractivity contribution in [1.29, 1.82) is 0 Å². The molecule has 0 bridgehead atoms. The lowest BCUT2D eigenvalue weighted by Gasteiger charge is -2.08. The van der Waals surface area contributed by atoms with Crippen LogP contribution in [-0.2, 0) is 0 Å². The first-order valence-corrected chi connectivity index (χ1v) is 9.76. The van der Waals surface area contributed by atoms with Gasteiger partial charge in [0.15, 0.2) is 5.78 Å². The molecule has 0 saturated heterocycles. The van der Waals surface area contributed by atoms with Gasteiger partial charge in [0.05, 0.1) is 0 Å². The maximum absolute atomic E-state index is 12.2. The van der Waals surface area contributed by atoms with Gasteiger partial charge in [0.25, 0.3) is 0 Å². The highest BCUT2D eigenvalue weighted by Crippen LogP contribution is 2.31. The van der Waals surface area contributed by atoms with Crippen LogP contribution in [0.5, 0.6) is 23.0 Å². The molecule has 0 aromatic heterocycles. The summed E-state index contributed by atoms with van der Waals surface area (Å²) in [5, 5.41) is 19.1. The van der Waals surface area contributed by atoms with Gasteiger partial charge in [-0.15, -0.1) is 0 Å². The number of carbonyl (C=O) groups excluding carboxylic acids is 1. The van der Waals surface area contributed by atoms with E-state index >= 15 is 0 Å². The first-order chi connectivity index (χ1) is 15.1. The first kappa shape index (κ1) is 20.0. The minimum absolute atomic E-state index is 0.0275. The molecule has 4 rings (SSSR count). The molecule has 31 heavy (non-hydrogen) atoms. The molecule has 2 N–H and O–H groups in total. The third kappa shape index (κ3) is 5.19. The molecule has 4 aromatic carbocycles. The van der Waals surface area contributed by atoms with Gasteiger partial charge in [-0.05, 0) is 34.9 Å². The van der Waals surface area contributed by atoms with E-state index in [4.69, 9.17) is 4.74 Å². The molecular formula is C27H20O4. The average Bonchev–Trinajstić information content (AvgIpc) is 2.78. The van der Waals surface area contributed by atoms with E-state index in [1.165, 1.54) is 18.2 Å². The summed E-state index contributed by atoms with van der Waals surface area (Å²) in [5.74, 6) is 0.789. The fourth-order valence-corrected chi connectivity index (χ4v) is 3.14. The molecule has 4 nitrogen and oxygen atoms in total. The first-order valence-electron chi connectivity index (χ1n) is 9.76. The largest absolute Gasteiger partial charge is 0.508 e. The molecule has 0 aliphatic heterocycles. The quantitative estimate of drug-likeness (QED) is 0.284. The summed E-state index contributed by atoms with van der Waals surface area (Å²) in [7, 11) is 0. The molecule has 4 heteroatoms. The topological polar surface area (TPSA) is 66.8 Å². The Morgan fingerprint density at radius 2 is 1.26 bits per heavy atom. The van der Waals surface area contributed by atoms with Gasteiger partial charge in [-0.1, -0.05) is 72.8 Å². The molecule has 0 aliphatic carbocycles. The van der Waals surface area contributed by atoms with Crippen molar-refractivity contribution >= 4 is 11.9 Å². The molecule has 0 atom stereocenters. The average molecular weight is 408 g/mol. The fraction of sp³-hybridized carbons (Fsp3) is 0. The summed E-state index contributed by atoms with van der Waals surface area (Å²) < 4.78 is 5.68. The van der Waals surface area contributed by atoms with Crippen LogP contribution in [0.2, 0.25) is 0 Å². The smallest absolute Gasteiger partial charge is 0.185 e. The van der Waals surface area contributed by atoms with Gasteiger partial charge >= 0.3 is 0 Å². The van der Waals surface area contributed by atoms with Crippen LogP contribution in [0.25, 0.3) is 17.2 Å². The van der Waals surface area contributed by atoms with E-state index < -0.39 is 0 Å².